The maximum absolute atomic E-state index is 13.4. The molecule has 0 saturated carbocycles. The van der Waals surface area contributed by atoms with E-state index < -0.39 is 17.4 Å². The van der Waals surface area contributed by atoms with Crippen LogP contribution in [0.1, 0.15) is 23.1 Å². The Morgan fingerprint density at radius 3 is 2.89 bits per heavy atom. The summed E-state index contributed by atoms with van der Waals surface area (Å²) >= 11 is 2.38. The van der Waals surface area contributed by atoms with Crippen LogP contribution in [-0.2, 0) is 6.42 Å². The molecule has 1 aromatic heterocycles. The van der Waals surface area contributed by atoms with Gasteiger partial charge in [0.2, 0.25) is 0 Å². The average molecular weight is 300 g/mol. The number of thioether (sulfide) groups is 1. The minimum absolute atomic E-state index is 0.0126. The summed E-state index contributed by atoms with van der Waals surface area (Å²) in [5, 5.41) is 0. The van der Waals surface area contributed by atoms with Crippen LogP contribution in [-0.4, -0.2) is 20.9 Å². The summed E-state index contributed by atoms with van der Waals surface area (Å²) in [6.07, 6.45) is 0.726. The van der Waals surface area contributed by atoms with Gasteiger partial charge in [-0.2, -0.15) is 4.37 Å². The number of carbonyl (C=O) groups excluding carboxylic acids is 1. The number of Topliss-reactive ketones (excluding diaryl/α,β-unsaturated/α-hetero) is 1. The van der Waals surface area contributed by atoms with Crippen LogP contribution in [0.3, 0.4) is 0 Å². The summed E-state index contributed by atoms with van der Waals surface area (Å²) in [7, 11) is 0. The molecule has 0 N–H and O–H groups in total. The van der Waals surface area contributed by atoms with E-state index in [-0.39, 0.29) is 11.3 Å². The van der Waals surface area contributed by atoms with E-state index in [0.717, 1.165) is 30.4 Å². The van der Waals surface area contributed by atoms with E-state index >= 15 is 0 Å². The van der Waals surface area contributed by atoms with E-state index in [1.54, 1.807) is 0 Å². The highest BCUT2D eigenvalue weighted by molar-refractivity contribution is 8.01. The number of nitrogens with zero attached hydrogens (tertiary/aromatic N) is 2. The molecule has 0 radical (unpaired) electrons. The molecule has 19 heavy (non-hydrogen) atoms. The quantitative estimate of drug-likeness (QED) is 0.627. The average Bonchev–Trinajstić information content (AvgIpc) is 2.87. The lowest BCUT2D eigenvalue weighted by Crippen LogP contribution is -2.05. The fraction of sp³-hybridized carbons (Fsp3) is 0.250. The van der Waals surface area contributed by atoms with Gasteiger partial charge in [0.05, 0.1) is 11.3 Å². The number of rotatable bonds is 5. The van der Waals surface area contributed by atoms with E-state index in [9.17, 15) is 13.6 Å². The number of ketones is 1. The summed E-state index contributed by atoms with van der Waals surface area (Å²) in [5.41, 5.74) is -0.229. The zero-order chi connectivity index (χ0) is 13.8. The first-order chi connectivity index (χ1) is 9.10. The number of halogens is 2. The van der Waals surface area contributed by atoms with Gasteiger partial charge in [0.25, 0.3) is 0 Å². The Balaban J connectivity index is 2.03. The molecule has 3 nitrogen and oxygen atoms in total. The second kappa shape index (κ2) is 6.21. The molecule has 0 saturated heterocycles. The lowest BCUT2D eigenvalue weighted by atomic mass is 10.1. The minimum Gasteiger partial charge on any atom is -0.293 e. The molecule has 0 atom stereocenters. The third-order valence-corrected chi connectivity index (χ3v) is 4.19. The Morgan fingerprint density at radius 2 is 2.21 bits per heavy atom. The van der Waals surface area contributed by atoms with Crippen molar-refractivity contribution in [2.45, 2.75) is 17.7 Å². The maximum Gasteiger partial charge on any atom is 0.176 e. The van der Waals surface area contributed by atoms with E-state index in [4.69, 9.17) is 0 Å². The highest BCUT2D eigenvalue weighted by Gasteiger charge is 2.14. The van der Waals surface area contributed by atoms with E-state index in [1.165, 1.54) is 23.3 Å². The number of benzene rings is 1. The fourth-order valence-corrected chi connectivity index (χ4v) is 2.94. The van der Waals surface area contributed by atoms with Gasteiger partial charge >= 0.3 is 0 Å². The number of hydrogen-bond donors (Lipinski definition) is 0. The Morgan fingerprint density at radius 1 is 1.42 bits per heavy atom. The Labute approximate surface area is 117 Å². The summed E-state index contributed by atoms with van der Waals surface area (Å²) in [5.74, 6) is -1.07. The van der Waals surface area contributed by atoms with E-state index in [1.807, 2.05) is 6.92 Å². The molecule has 0 amide bonds. The summed E-state index contributed by atoms with van der Waals surface area (Å²) in [6, 6.07) is 2.85. The number of hydrogen-bond acceptors (Lipinski definition) is 5. The molecule has 0 aliphatic rings. The predicted molar refractivity (Wildman–Crippen MR) is 70.7 cm³/mol. The van der Waals surface area contributed by atoms with Gasteiger partial charge in [-0.1, -0.05) is 18.7 Å². The fourth-order valence-electron chi connectivity index (χ4n) is 1.36. The molecule has 1 heterocycles. The topological polar surface area (TPSA) is 42.9 Å². The van der Waals surface area contributed by atoms with Crippen molar-refractivity contribution in [2.24, 2.45) is 0 Å². The first-order valence-electron chi connectivity index (χ1n) is 5.53. The molecule has 2 aromatic rings. The normalized spacial score (nSPS) is 10.7. The molecule has 0 spiro atoms. The molecule has 0 unspecified atom stereocenters. The zero-order valence-electron chi connectivity index (χ0n) is 10.0. The molecule has 0 fully saturated rings. The van der Waals surface area contributed by atoms with Crippen LogP contribution in [0.2, 0.25) is 0 Å². The van der Waals surface area contributed by atoms with Crippen molar-refractivity contribution >= 4 is 29.1 Å². The van der Waals surface area contributed by atoms with Crippen molar-refractivity contribution in [3.05, 3.63) is 41.2 Å². The van der Waals surface area contributed by atoms with Crippen molar-refractivity contribution in [2.75, 3.05) is 5.75 Å². The minimum atomic E-state index is -0.710. The third kappa shape index (κ3) is 3.57. The van der Waals surface area contributed by atoms with E-state index in [2.05, 4.69) is 9.36 Å². The number of aryl methyl sites for hydroxylation is 1. The van der Waals surface area contributed by atoms with Gasteiger partial charge in [-0.25, -0.2) is 13.8 Å². The van der Waals surface area contributed by atoms with Crippen LogP contribution >= 0.6 is 23.3 Å². The van der Waals surface area contributed by atoms with Crippen LogP contribution in [0.25, 0.3) is 0 Å². The van der Waals surface area contributed by atoms with Crippen LogP contribution in [0.4, 0.5) is 8.78 Å². The summed E-state index contributed by atoms with van der Waals surface area (Å²) in [6.45, 7) is 1.93. The van der Waals surface area contributed by atoms with Gasteiger partial charge in [-0.15, -0.1) is 0 Å². The molecular weight excluding hydrogens is 290 g/mol. The first kappa shape index (κ1) is 14.1. The third-order valence-electron chi connectivity index (χ3n) is 2.32. The molecular formula is C12H10F2N2OS2. The van der Waals surface area contributed by atoms with Gasteiger partial charge in [0.1, 0.15) is 17.5 Å². The molecule has 0 aliphatic heterocycles. The Hall–Kier alpha value is -1.34. The molecule has 0 aliphatic carbocycles. The predicted octanol–water partition coefficient (Wildman–Crippen LogP) is 3.35. The molecule has 100 valence electrons. The van der Waals surface area contributed by atoms with Crippen LogP contribution in [0, 0.1) is 11.6 Å². The van der Waals surface area contributed by atoms with Gasteiger partial charge in [-0.05, 0) is 29.7 Å². The molecule has 1 aromatic carbocycles. The van der Waals surface area contributed by atoms with Crippen molar-refractivity contribution in [1.82, 2.24) is 9.36 Å². The van der Waals surface area contributed by atoms with Crippen LogP contribution < -0.4 is 0 Å². The second-order valence-corrected chi connectivity index (χ2v) is 5.64. The Kier molecular flexibility index (Phi) is 4.60. The first-order valence-corrected chi connectivity index (χ1v) is 7.29. The lowest BCUT2D eigenvalue weighted by Gasteiger charge is -2.01. The van der Waals surface area contributed by atoms with Crippen molar-refractivity contribution in [3.8, 4) is 0 Å². The molecule has 2 rings (SSSR count). The van der Waals surface area contributed by atoms with Gasteiger partial charge in [0, 0.05) is 6.42 Å². The highest BCUT2D eigenvalue weighted by atomic mass is 32.2. The van der Waals surface area contributed by atoms with Crippen molar-refractivity contribution in [1.29, 1.82) is 0 Å². The monoisotopic (exact) mass is 300 g/mol. The Bertz CT molecular complexity index is 601. The number of carbonyl (C=O) groups is 1. The zero-order valence-corrected chi connectivity index (χ0v) is 11.7. The standard InChI is InChI=1S/C12H10F2N2OS2/c1-2-11-15-12(19-16-11)18-6-10(17)8-5-7(13)3-4-9(8)14/h3-5H,2,6H2,1H3. The van der Waals surface area contributed by atoms with Crippen LogP contribution in [0.5, 0.6) is 0 Å². The van der Waals surface area contributed by atoms with Gasteiger partial charge in [-0.3, -0.25) is 4.79 Å². The largest absolute Gasteiger partial charge is 0.293 e. The maximum atomic E-state index is 13.4. The summed E-state index contributed by atoms with van der Waals surface area (Å²) in [4.78, 5) is 16.0. The van der Waals surface area contributed by atoms with Crippen LogP contribution in [0.15, 0.2) is 22.5 Å². The van der Waals surface area contributed by atoms with E-state index in [0.29, 0.717) is 4.34 Å². The van der Waals surface area contributed by atoms with Crippen molar-refractivity contribution in [3.63, 3.8) is 0 Å². The molecule has 0 bridgehead atoms. The number of aromatic nitrogens is 2. The lowest BCUT2D eigenvalue weighted by molar-refractivity contribution is 0.101. The molecule has 7 heteroatoms. The van der Waals surface area contributed by atoms with Crippen molar-refractivity contribution < 1.29 is 13.6 Å². The van der Waals surface area contributed by atoms with Gasteiger partial charge < -0.3 is 0 Å². The smallest absolute Gasteiger partial charge is 0.176 e. The highest BCUT2D eigenvalue weighted by Crippen LogP contribution is 2.22. The SMILES string of the molecule is CCc1nsc(SCC(=O)c2cc(F)ccc2F)n1. The van der Waals surface area contributed by atoms with Gasteiger partial charge in [0.15, 0.2) is 10.1 Å². The summed E-state index contributed by atoms with van der Waals surface area (Å²) < 4.78 is 31.1. The second-order valence-electron chi connectivity index (χ2n) is 3.67.